The van der Waals surface area contributed by atoms with Crippen molar-refractivity contribution in [2.45, 2.75) is 19.1 Å². The molecule has 2 aromatic rings. The minimum absolute atomic E-state index is 0.0970. The molecule has 0 saturated carbocycles. The summed E-state index contributed by atoms with van der Waals surface area (Å²) in [5.41, 5.74) is 2.12. The fraction of sp³-hybridized carbons (Fsp3) is 0.267. The molecule has 0 amide bonds. The molecule has 0 saturated heterocycles. The monoisotopic (exact) mass is 278 g/mol. The van der Waals surface area contributed by atoms with Crippen LogP contribution < -0.4 is 10.1 Å². The Morgan fingerprint density at radius 1 is 1.20 bits per heavy atom. The van der Waals surface area contributed by atoms with Crippen molar-refractivity contribution in [2.75, 3.05) is 7.05 Å². The number of nitrogens with zero attached hydrogens (tertiary/aromatic N) is 1. The molecule has 0 spiro atoms. The Labute approximate surface area is 116 Å². The molecule has 3 nitrogen and oxygen atoms in total. The summed E-state index contributed by atoms with van der Waals surface area (Å²) in [4.78, 5) is 4.08. The minimum atomic E-state index is -2.80. The lowest BCUT2D eigenvalue weighted by Gasteiger charge is -2.17. The van der Waals surface area contributed by atoms with Crippen molar-refractivity contribution in [1.82, 2.24) is 10.3 Å². The molecule has 5 heteroatoms. The van der Waals surface area contributed by atoms with Crippen LogP contribution in [0.3, 0.4) is 0 Å². The number of halogens is 2. The summed E-state index contributed by atoms with van der Waals surface area (Å²) in [6.45, 7) is -2.80. The van der Waals surface area contributed by atoms with E-state index in [0.717, 1.165) is 17.5 Å². The van der Waals surface area contributed by atoms with Crippen LogP contribution in [0.15, 0.2) is 48.8 Å². The summed E-state index contributed by atoms with van der Waals surface area (Å²) in [6.07, 6.45) is 4.33. The number of hydrogen-bond donors (Lipinski definition) is 1. The summed E-state index contributed by atoms with van der Waals surface area (Å²) in [5.74, 6) is 0.167. The highest BCUT2D eigenvalue weighted by Gasteiger charge is 2.11. The summed E-state index contributed by atoms with van der Waals surface area (Å²) >= 11 is 0. The van der Waals surface area contributed by atoms with Gasteiger partial charge in [0.05, 0.1) is 0 Å². The number of benzene rings is 1. The molecule has 20 heavy (non-hydrogen) atoms. The number of likely N-dealkylation sites (N-methyl/N-ethyl adjacent to an activating group) is 1. The molecule has 2 rings (SSSR count). The highest BCUT2D eigenvalue weighted by Crippen LogP contribution is 2.21. The normalized spacial score (nSPS) is 12.4. The largest absolute Gasteiger partial charge is 0.435 e. The van der Waals surface area contributed by atoms with Crippen LogP contribution in [0.2, 0.25) is 0 Å². The lowest BCUT2D eigenvalue weighted by Crippen LogP contribution is -2.18. The molecule has 0 radical (unpaired) electrons. The van der Waals surface area contributed by atoms with E-state index in [4.69, 9.17) is 0 Å². The van der Waals surface area contributed by atoms with Crippen molar-refractivity contribution in [2.24, 2.45) is 0 Å². The van der Waals surface area contributed by atoms with Crippen LogP contribution in [0.5, 0.6) is 5.75 Å². The molecular weight excluding hydrogens is 262 g/mol. The van der Waals surface area contributed by atoms with E-state index >= 15 is 0 Å². The molecule has 0 fully saturated rings. The average molecular weight is 278 g/mol. The van der Waals surface area contributed by atoms with Gasteiger partial charge in [0.15, 0.2) is 0 Å². The topological polar surface area (TPSA) is 34.2 Å². The Morgan fingerprint density at radius 3 is 2.50 bits per heavy atom. The molecular formula is C15H16F2N2O. The fourth-order valence-electron chi connectivity index (χ4n) is 2.02. The predicted octanol–water partition coefficient (Wildman–Crippen LogP) is 3.19. The average Bonchev–Trinajstić information content (AvgIpc) is 2.46. The summed E-state index contributed by atoms with van der Waals surface area (Å²) < 4.78 is 28.5. The van der Waals surface area contributed by atoms with E-state index in [2.05, 4.69) is 15.0 Å². The van der Waals surface area contributed by atoms with Gasteiger partial charge in [0.1, 0.15) is 5.75 Å². The standard InChI is InChI=1S/C15H16F2N2O/c1-18-14(9-11-3-2-8-19-10-11)12-4-6-13(7-5-12)20-15(16)17/h2-8,10,14-15,18H,9H2,1H3. The second-order valence-corrected chi connectivity index (χ2v) is 4.35. The molecule has 106 valence electrons. The van der Waals surface area contributed by atoms with Crippen molar-refractivity contribution in [3.05, 3.63) is 59.9 Å². The zero-order valence-electron chi connectivity index (χ0n) is 11.1. The van der Waals surface area contributed by atoms with E-state index < -0.39 is 6.61 Å². The molecule has 1 aromatic carbocycles. The van der Waals surface area contributed by atoms with Crippen LogP contribution in [-0.2, 0) is 6.42 Å². The van der Waals surface area contributed by atoms with E-state index in [0.29, 0.717) is 0 Å². The number of pyridine rings is 1. The Hall–Kier alpha value is -2.01. The lowest BCUT2D eigenvalue weighted by atomic mass is 10.00. The number of alkyl halides is 2. The van der Waals surface area contributed by atoms with E-state index in [9.17, 15) is 8.78 Å². The second kappa shape index (κ2) is 6.96. The molecule has 0 aliphatic heterocycles. The molecule has 1 atom stereocenters. The summed E-state index contributed by atoms with van der Waals surface area (Å²) in [6, 6.07) is 10.7. The molecule has 1 heterocycles. The third-order valence-electron chi connectivity index (χ3n) is 3.02. The molecule has 0 aliphatic rings. The van der Waals surface area contributed by atoms with Gasteiger partial charge in [0, 0.05) is 18.4 Å². The quantitative estimate of drug-likeness (QED) is 0.881. The van der Waals surface area contributed by atoms with Crippen LogP contribution in [0, 0.1) is 0 Å². The third-order valence-corrected chi connectivity index (χ3v) is 3.02. The predicted molar refractivity (Wildman–Crippen MR) is 72.8 cm³/mol. The molecule has 0 aliphatic carbocycles. The highest BCUT2D eigenvalue weighted by molar-refractivity contribution is 5.30. The second-order valence-electron chi connectivity index (χ2n) is 4.35. The van der Waals surface area contributed by atoms with E-state index in [-0.39, 0.29) is 11.8 Å². The fourth-order valence-corrected chi connectivity index (χ4v) is 2.02. The maximum absolute atomic E-state index is 12.1. The van der Waals surface area contributed by atoms with Gasteiger partial charge in [-0.05, 0) is 42.8 Å². The number of rotatable bonds is 6. The van der Waals surface area contributed by atoms with Crippen molar-refractivity contribution >= 4 is 0 Å². The number of aromatic nitrogens is 1. The van der Waals surface area contributed by atoms with E-state index in [1.807, 2.05) is 25.4 Å². The van der Waals surface area contributed by atoms with Crippen LogP contribution in [-0.4, -0.2) is 18.6 Å². The Morgan fingerprint density at radius 2 is 1.95 bits per heavy atom. The van der Waals surface area contributed by atoms with Gasteiger partial charge in [-0.25, -0.2) is 0 Å². The van der Waals surface area contributed by atoms with Crippen LogP contribution in [0.4, 0.5) is 8.78 Å². The maximum Gasteiger partial charge on any atom is 0.387 e. The number of nitrogens with one attached hydrogen (secondary N) is 1. The SMILES string of the molecule is CNC(Cc1cccnc1)c1ccc(OC(F)F)cc1. The first kappa shape index (κ1) is 14.4. The Bertz CT molecular complexity index is 517. The molecule has 1 N–H and O–H groups in total. The van der Waals surface area contributed by atoms with Gasteiger partial charge in [0.2, 0.25) is 0 Å². The van der Waals surface area contributed by atoms with Crippen molar-refractivity contribution in [3.8, 4) is 5.75 Å². The van der Waals surface area contributed by atoms with Crippen molar-refractivity contribution < 1.29 is 13.5 Å². The first-order chi connectivity index (χ1) is 9.69. The van der Waals surface area contributed by atoms with Crippen LogP contribution in [0.25, 0.3) is 0 Å². The third kappa shape index (κ3) is 3.99. The van der Waals surface area contributed by atoms with E-state index in [1.165, 1.54) is 0 Å². The van der Waals surface area contributed by atoms with Gasteiger partial charge in [-0.2, -0.15) is 8.78 Å². The van der Waals surface area contributed by atoms with Crippen molar-refractivity contribution in [3.63, 3.8) is 0 Å². The van der Waals surface area contributed by atoms with Gasteiger partial charge < -0.3 is 10.1 Å². The Balaban J connectivity index is 2.07. The zero-order chi connectivity index (χ0) is 14.4. The van der Waals surface area contributed by atoms with Gasteiger partial charge in [-0.3, -0.25) is 4.98 Å². The zero-order valence-corrected chi connectivity index (χ0v) is 11.1. The van der Waals surface area contributed by atoms with Crippen molar-refractivity contribution in [1.29, 1.82) is 0 Å². The van der Waals surface area contributed by atoms with E-state index in [1.54, 1.807) is 30.5 Å². The lowest BCUT2D eigenvalue weighted by molar-refractivity contribution is -0.0498. The van der Waals surface area contributed by atoms with Gasteiger partial charge >= 0.3 is 6.61 Å². The molecule has 1 unspecified atom stereocenters. The first-order valence-corrected chi connectivity index (χ1v) is 6.30. The summed E-state index contributed by atoms with van der Waals surface area (Å²) in [7, 11) is 1.87. The minimum Gasteiger partial charge on any atom is -0.435 e. The number of hydrogen-bond acceptors (Lipinski definition) is 3. The smallest absolute Gasteiger partial charge is 0.387 e. The van der Waals surface area contributed by atoms with Gasteiger partial charge in [-0.15, -0.1) is 0 Å². The maximum atomic E-state index is 12.1. The molecule has 0 bridgehead atoms. The van der Waals surface area contributed by atoms with Crippen LogP contribution >= 0.6 is 0 Å². The van der Waals surface area contributed by atoms with Crippen LogP contribution in [0.1, 0.15) is 17.2 Å². The number of ether oxygens (including phenoxy) is 1. The first-order valence-electron chi connectivity index (χ1n) is 6.30. The highest BCUT2D eigenvalue weighted by atomic mass is 19.3. The summed E-state index contributed by atoms with van der Waals surface area (Å²) in [5, 5.41) is 3.21. The molecule has 1 aromatic heterocycles. The van der Waals surface area contributed by atoms with Gasteiger partial charge in [-0.1, -0.05) is 18.2 Å². The van der Waals surface area contributed by atoms with Gasteiger partial charge in [0.25, 0.3) is 0 Å². The Kier molecular flexibility index (Phi) is 5.01.